The molecule has 120 valence electrons. The highest BCUT2D eigenvalue weighted by atomic mass is 19.4. The van der Waals surface area contributed by atoms with Crippen molar-refractivity contribution in [1.82, 2.24) is 0 Å². The molecular weight excluding hydrogens is 305 g/mol. The molecule has 3 nitrogen and oxygen atoms in total. The maximum absolute atomic E-state index is 12.4. The topological polar surface area (TPSA) is 32.3 Å². The summed E-state index contributed by atoms with van der Waals surface area (Å²) >= 11 is 0. The summed E-state index contributed by atoms with van der Waals surface area (Å²) in [5.74, 6) is -1.96. The van der Waals surface area contributed by atoms with Crippen LogP contribution in [0.5, 0.6) is 0 Å². The Kier molecular flexibility index (Phi) is 3.75. The van der Waals surface area contributed by atoms with Crippen LogP contribution >= 0.6 is 0 Å². The van der Waals surface area contributed by atoms with Gasteiger partial charge in [0.2, 0.25) is 0 Å². The van der Waals surface area contributed by atoms with E-state index < -0.39 is 12.1 Å². The van der Waals surface area contributed by atoms with Crippen molar-refractivity contribution in [1.29, 1.82) is 0 Å². The van der Waals surface area contributed by atoms with Crippen LogP contribution in [0.3, 0.4) is 0 Å². The molecule has 0 radical (unpaired) electrons. The third-order valence-corrected chi connectivity index (χ3v) is 3.90. The lowest BCUT2D eigenvalue weighted by atomic mass is 9.93. The molecule has 0 unspecified atom stereocenters. The van der Waals surface area contributed by atoms with E-state index in [0.717, 1.165) is 28.9 Å². The summed E-state index contributed by atoms with van der Waals surface area (Å²) in [5, 5.41) is 1.91. The van der Waals surface area contributed by atoms with Crippen LogP contribution in [-0.2, 0) is 11.3 Å². The summed E-state index contributed by atoms with van der Waals surface area (Å²) < 4.78 is 37.2. The van der Waals surface area contributed by atoms with Crippen molar-refractivity contribution in [2.45, 2.75) is 19.6 Å². The van der Waals surface area contributed by atoms with Gasteiger partial charge < -0.3 is 10.2 Å². The number of fused-ring (bicyclic) bond motifs is 3. The number of hydrogen-bond donors (Lipinski definition) is 1. The Morgan fingerprint density at radius 3 is 2.61 bits per heavy atom. The maximum Gasteiger partial charge on any atom is 0.471 e. The molecule has 0 atom stereocenters. The molecule has 2 aromatic rings. The molecule has 0 bridgehead atoms. The predicted molar refractivity (Wildman–Crippen MR) is 83.3 cm³/mol. The maximum atomic E-state index is 12.4. The molecule has 0 spiro atoms. The zero-order valence-electron chi connectivity index (χ0n) is 12.4. The number of rotatable bonds is 2. The average molecular weight is 320 g/mol. The van der Waals surface area contributed by atoms with Gasteiger partial charge in [0, 0.05) is 30.0 Å². The number of benzene rings is 2. The second-order valence-corrected chi connectivity index (χ2v) is 5.36. The molecule has 0 saturated heterocycles. The van der Waals surface area contributed by atoms with Crippen LogP contribution < -0.4 is 10.2 Å². The van der Waals surface area contributed by atoms with Crippen LogP contribution in [0.2, 0.25) is 0 Å². The minimum atomic E-state index is -4.90. The smallest absolute Gasteiger partial charge is 0.367 e. The van der Waals surface area contributed by atoms with Crippen molar-refractivity contribution in [3.05, 3.63) is 48.0 Å². The third-order valence-electron chi connectivity index (χ3n) is 3.90. The van der Waals surface area contributed by atoms with Gasteiger partial charge in [-0.15, -0.1) is 0 Å². The summed E-state index contributed by atoms with van der Waals surface area (Å²) in [7, 11) is 0. The van der Waals surface area contributed by atoms with Crippen molar-refractivity contribution >= 4 is 17.3 Å². The summed E-state index contributed by atoms with van der Waals surface area (Å²) in [4.78, 5) is 13.3. The van der Waals surface area contributed by atoms with Crippen molar-refractivity contribution in [2.24, 2.45) is 0 Å². The second-order valence-electron chi connectivity index (χ2n) is 5.36. The Balaban J connectivity index is 2.00. The first kappa shape index (κ1) is 15.4. The first-order valence-electron chi connectivity index (χ1n) is 7.25. The van der Waals surface area contributed by atoms with Crippen LogP contribution in [0, 0.1) is 0 Å². The van der Waals surface area contributed by atoms with Gasteiger partial charge in [-0.1, -0.05) is 24.3 Å². The van der Waals surface area contributed by atoms with E-state index >= 15 is 0 Å². The Morgan fingerprint density at radius 2 is 1.91 bits per heavy atom. The first-order valence-corrected chi connectivity index (χ1v) is 7.25. The highest BCUT2D eigenvalue weighted by molar-refractivity contribution is 5.96. The number of carbonyl (C=O) groups excluding carboxylic acids is 1. The second kappa shape index (κ2) is 5.61. The van der Waals surface area contributed by atoms with Gasteiger partial charge in [0.1, 0.15) is 0 Å². The van der Waals surface area contributed by atoms with E-state index in [2.05, 4.69) is 11.8 Å². The number of nitrogens with zero attached hydrogens (tertiary/aromatic N) is 1. The van der Waals surface area contributed by atoms with Crippen LogP contribution in [-0.4, -0.2) is 18.6 Å². The molecule has 1 N–H and O–H groups in total. The first-order chi connectivity index (χ1) is 10.9. The van der Waals surface area contributed by atoms with E-state index in [1.165, 1.54) is 6.07 Å². The number of nitrogens with one attached hydrogen (secondary N) is 1. The molecule has 1 heterocycles. The van der Waals surface area contributed by atoms with E-state index in [1.54, 1.807) is 12.1 Å². The Bertz CT molecular complexity index is 756. The number of amides is 1. The molecule has 0 fully saturated rings. The van der Waals surface area contributed by atoms with Crippen LogP contribution in [0.1, 0.15) is 12.5 Å². The molecule has 6 heteroatoms. The van der Waals surface area contributed by atoms with Gasteiger partial charge in [-0.3, -0.25) is 4.79 Å². The van der Waals surface area contributed by atoms with Crippen molar-refractivity contribution in [3.8, 4) is 11.1 Å². The van der Waals surface area contributed by atoms with Crippen LogP contribution in [0.4, 0.5) is 24.5 Å². The zero-order chi connectivity index (χ0) is 16.6. The van der Waals surface area contributed by atoms with Crippen molar-refractivity contribution < 1.29 is 18.0 Å². The molecule has 0 saturated carbocycles. The molecule has 0 aliphatic carbocycles. The van der Waals surface area contributed by atoms with Gasteiger partial charge in [0.15, 0.2) is 0 Å². The molecule has 0 aromatic heterocycles. The molecule has 3 rings (SSSR count). The van der Waals surface area contributed by atoms with E-state index in [-0.39, 0.29) is 5.69 Å². The van der Waals surface area contributed by atoms with Gasteiger partial charge in [0.25, 0.3) is 0 Å². The Labute approximate surface area is 131 Å². The largest absolute Gasteiger partial charge is 0.471 e. The number of alkyl halides is 3. The molecule has 2 aromatic carbocycles. The summed E-state index contributed by atoms with van der Waals surface area (Å²) in [6, 6.07) is 12.6. The zero-order valence-corrected chi connectivity index (χ0v) is 12.4. The minimum Gasteiger partial charge on any atom is -0.367 e. The van der Waals surface area contributed by atoms with E-state index in [0.29, 0.717) is 6.54 Å². The summed E-state index contributed by atoms with van der Waals surface area (Å²) in [6.45, 7) is 3.58. The van der Waals surface area contributed by atoms with Crippen LogP contribution in [0.15, 0.2) is 42.5 Å². The quantitative estimate of drug-likeness (QED) is 0.899. The van der Waals surface area contributed by atoms with Gasteiger partial charge in [0.05, 0.1) is 0 Å². The normalized spacial score (nSPS) is 13.3. The van der Waals surface area contributed by atoms with E-state index in [4.69, 9.17) is 0 Å². The Morgan fingerprint density at radius 1 is 1.17 bits per heavy atom. The molecule has 23 heavy (non-hydrogen) atoms. The summed E-state index contributed by atoms with van der Waals surface area (Å²) in [5.41, 5.74) is 4.02. The fraction of sp³-hybridized carbons (Fsp3) is 0.235. The molecule has 1 aliphatic heterocycles. The fourth-order valence-corrected chi connectivity index (χ4v) is 2.79. The number of carbonyl (C=O) groups is 1. The van der Waals surface area contributed by atoms with E-state index in [1.807, 2.05) is 29.6 Å². The monoisotopic (exact) mass is 320 g/mol. The number of halogens is 3. The molecule has 1 aliphatic rings. The lowest BCUT2D eigenvalue weighted by molar-refractivity contribution is -0.167. The number of hydrogen-bond acceptors (Lipinski definition) is 2. The van der Waals surface area contributed by atoms with Crippen LogP contribution in [0.25, 0.3) is 11.1 Å². The third kappa shape index (κ3) is 2.88. The van der Waals surface area contributed by atoms with Gasteiger partial charge >= 0.3 is 12.1 Å². The highest BCUT2D eigenvalue weighted by Gasteiger charge is 2.38. The highest BCUT2D eigenvalue weighted by Crippen LogP contribution is 2.40. The number of para-hydroxylation sites is 1. The van der Waals surface area contributed by atoms with Gasteiger partial charge in [-0.05, 0) is 36.2 Å². The standard InChI is InChI=1S/C17H15F3N2O/c1-2-22-10-11-7-8-12(21-16(23)17(18,19)20)9-14(11)13-5-3-4-6-15(13)22/h3-9H,2,10H2,1H3,(H,21,23). The summed E-state index contributed by atoms with van der Waals surface area (Å²) in [6.07, 6.45) is -4.90. The van der Waals surface area contributed by atoms with E-state index in [9.17, 15) is 18.0 Å². The molecular formula is C17H15F3N2O. The predicted octanol–water partition coefficient (Wildman–Crippen LogP) is 4.19. The molecule has 1 amide bonds. The van der Waals surface area contributed by atoms with Gasteiger partial charge in [-0.2, -0.15) is 13.2 Å². The number of anilines is 2. The Hall–Kier alpha value is -2.50. The lowest BCUT2D eigenvalue weighted by Gasteiger charge is -2.32. The average Bonchev–Trinajstić information content (AvgIpc) is 2.53. The fourth-order valence-electron chi connectivity index (χ4n) is 2.79. The van der Waals surface area contributed by atoms with Crippen molar-refractivity contribution in [2.75, 3.05) is 16.8 Å². The lowest BCUT2D eigenvalue weighted by Crippen LogP contribution is -2.30. The minimum absolute atomic E-state index is 0.144. The van der Waals surface area contributed by atoms with Crippen molar-refractivity contribution in [3.63, 3.8) is 0 Å². The SMILES string of the molecule is CCN1Cc2ccc(NC(=O)C(F)(F)F)cc2-c2ccccc21. The van der Waals surface area contributed by atoms with Gasteiger partial charge in [-0.25, -0.2) is 0 Å².